The summed E-state index contributed by atoms with van der Waals surface area (Å²) in [6.07, 6.45) is 2.47. The SMILES string of the molecule is C=CCCOc1c(F)cccc1CNC(C)C. The van der Waals surface area contributed by atoms with Crippen LogP contribution in [0.1, 0.15) is 25.8 Å². The van der Waals surface area contributed by atoms with E-state index >= 15 is 0 Å². The van der Waals surface area contributed by atoms with Gasteiger partial charge in [-0.3, -0.25) is 0 Å². The van der Waals surface area contributed by atoms with Crippen molar-refractivity contribution in [3.05, 3.63) is 42.2 Å². The number of benzene rings is 1. The van der Waals surface area contributed by atoms with Crippen molar-refractivity contribution in [2.75, 3.05) is 6.61 Å². The Balaban J connectivity index is 2.72. The highest BCUT2D eigenvalue weighted by Crippen LogP contribution is 2.22. The second-order valence-corrected chi connectivity index (χ2v) is 4.19. The molecule has 0 unspecified atom stereocenters. The van der Waals surface area contributed by atoms with Crippen molar-refractivity contribution in [1.82, 2.24) is 5.32 Å². The second-order valence-electron chi connectivity index (χ2n) is 4.19. The third kappa shape index (κ3) is 4.57. The van der Waals surface area contributed by atoms with Gasteiger partial charge in [0.25, 0.3) is 0 Å². The van der Waals surface area contributed by atoms with Crippen molar-refractivity contribution < 1.29 is 9.13 Å². The number of rotatable bonds is 7. The van der Waals surface area contributed by atoms with Gasteiger partial charge in [-0.25, -0.2) is 4.39 Å². The van der Waals surface area contributed by atoms with E-state index in [1.807, 2.05) is 6.07 Å². The van der Waals surface area contributed by atoms with Crippen molar-refractivity contribution in [3.63, 3.8) is 0 Å². The minimum Gasteiger partial charge on any atom is -0.490 e. The Morgan fingerprint density at radius 3 is 2.88 bits per heavy atom. The second kappa shape index (κ2) is 7.07. The molecule has 0 amide bonds. The normalized spacial score (nSPS) is 10.6. The Morgan fingerprint density at radius 2 is 2.24 bits per heavy atom. The first-order valence-electron chi connectivity index (χ1n) is 5.89. The van der Waals surface area contributed by atoms with Crippen molar-refractivity contribution >= 4 is 0 Å². The zero-order chi connectivity index (χ0) is 12.7. The summed E-state index contributed by atoms with van der Waals surface area (Å²) in [5.41, 5.74) is 0.850. The molecule has 0 aromatic heterocycles. The fourth-order valence-electron chi connectivity index (χ4n) is 1.41. The smallest absolute Gasteiger partial charge is 0.165 e. The first-order valence-corrected chi connectivity index (χ1v) is 5.89. The van der Waals surface area contributed by atoms with Crippen LogP contribution in [-0.2, 0) is 6.54 Å². The van der Waals surface area contributed by atoms with Gasteiger partial charge in [0, 0.05) is 18.2 Å². The van der Waals surface area contributed by atoms with E-state index in [1.165, 1.54) is 6.07 Å². The minimum atomic E-state index is -0.308. The number of nitrogens with one attached hydrogen (secondary N) is 1. The molecule has 3 heteroatoms. The van der Waals surface area contributed by atoms with Crippen molar-refractivity contribution in [2.45, 2.75) is 32.9 Å². The van der Waals surface area contributed by atoms with Crippen molar-refractivity contribution in [2.24, 2.45) is 0 Å². The van der Waals surface area contributed by atoms with Crippen LogP contribution in [-0.4, -0.2) is 12.6 Å². The molecule has 0 fully saturated rings. The summed E-state index contributed by atoms with van der Waals surface area (Å²) in [6, 6.07) is 5.36. The molecular formula is C14H20FNO. The molecule has 0 saturated carbocycles. The zero-order valence-corrected chi connectivity index (χ0v) is 10.5. The highest BCUT2D eigenvalue weighted by atomic mass is 19.1. The van der Waals surface area contributed by atoms with E-state index in [9.17, 15) is 4.39 Å². The van der Waals surface area contributed by atoms with Gasteiger partial charge in [0.05, 0.1) is 6.61 Å². The lowest BCUT2D eigenvalue weighted by atomic mass is 10.2. The number of para-hydroxylation sites is 1. The van der Waals surface area contributed by atoms with Gasteiger partial charge in [0.2, 0.25) is 0 Å². The molecule has 1 N–H and O–H groups in total. The average Bonchev–Trinajstić information content (AvgIpc) is 2.29. The summed E-state index contributed by atoms with van der Waals surface area (Å²) in [5.74, 6) is 0.0413. The van der Waals surface area contributed by atoms with E-state index in [1.54, 1.807) is 12.1 Å². The van der Waals surface area contributed by atoms with Crippen LogP contribution in [0.5, 0.6) is 5.75 Å². The van der Waals surface area contributed by atoms with Gasteiger partial charge in [-0.1, -0.05) is 32.1 Å². The molecule has 0 saturated heterocycles. The van der Waals surface area contributed by atoms with E-state index in [0.29, 0.717) is 31.4 Å². The molecule has 0 heterocycles. The van der Waals surface area contributed by atoms with E-state index in [4.69, 9.17) is 4.74 Å². The minimum absolute atomic E-state index is 0.308. The number of hydrogen-bond acceptors (Lipinski definition) is 2. The average molecular weight is 237 g/mol. The molecule has 2 nitrogen and oxygen atoms in total. The third-order valence-electron chi connectivity index (χ3n) is 2.32. The molecule has 0 aliphatic rings. The summed E-state index contributed by atoms with van der Waals surface area (Å²) >= 11 is 0. The van der Waals surface area contributed by atoms with Crippen LogP contribution in [0.25, 0.3) is 0 Å². The maximum absolute atomic E-state index is 13.6. The Hall–Kier alpha value is -1.35. The molecule has 0 atom stereocenters. The predicted molar refractivity (Wildman–Crippen MR) is 68.7 cm³/mol. The highest BCUT2D eigenvalue weighted by Gasteiger charge is 2.09. The van der Waals surface area contributed by atoms with Gasteiger partial charge < -0.3 is 10.1 Å². The van der Waals surface area contributed by atoms with Gasteiger partial charge in [-0.05, 0) is 12.5 Å². The van der Waals surface area contributed by atoms with Crippen LogP contribution in [0.2, 0.25) is 0 Å². The lowest BCUT2D eigenvalue weighted by molar-refractivity contribution is 0.303. The third-order valence-corrected chi connectivity index (χ3v) is 2.32. The van der Waals surface area contributed by atoms with Gasteiger partial charge in [-0.15, -0.1) is 6.58 Å². The molecule has 1 rings (SSSR count). The van der Waals surface area contributed by atoms with Gasteiger partial charge in [-0.2, -0.15) is 0 Å². The summed E-state index contributed by atoms with van der Waals surface area (Å²) in [4.78, 5) is 0. The van der Waals surface area contributed by atoms with Gasteiger partial charge in [0.15, 0.2) is 11.6 Å². The highest BCUT2D eigenvalue weighted by molar-refractivity contribution is 5.34. The van der Waals surface area contributed by atoms with Crippen molar-refractivity contribution in [3.8, 4) is 5.75 Å². The van der Waals surface area contributed by atoms with Gasteiger partial charge in [0.1, 0.15) is 0 Å². The Morgan fingerprint density at radius 1 is 1.47 bits per heavy atom. The molecule has 94 valence electrons. The Labute approximate surface area is 102 Å². The van der Waals surface area contributed by atoms with Crippen LogP contribution in [0, 0.1) is 5.82 Å². The van der Waals surface area contributed by atoms with Crippen LogP contribution in [0.15, 0.2) is 30.9 Å². The van der Waals surface area contributed by atoms with Crippen molar-refractivity contribution in [1.29, 1.82) is 0 Å². The summed E-state index contributed by atoms with van der Waals surface area (Å²) < 4.78 is 19.1. The van der Waals surface area contributed by atoms with Crippen LogP contribution in [0.3, 0.4) is 0 Å². The van der Waals surface area contributed by atoms with Crippen LogP contribution < -0.4 is 10.1 Å². The lowest BCUT2D eigenvalue weighted by Gasteiger charge is -2.14. The summed E-state index contributed by atoms with van der Waals surface area (Å²) in [6.45, 7) is 8.78. The standard InChI is InChI=1S/C14H20FNO/c1-4-5-9-17-14-12(10-16-11(2)3)7-6-8-13(14)15/h4,6-8,11,16H,1,5,9-10H2,2-3H3. The first kappa shape index (κ1) is 13.7. The molecule has 0 radical (unpaired) electrons. The van der Waals surface area contributed by atoms with Gasteiger partial charge >= 0.3 is 0 Å². The molecule has 0 aliphatic heterocycles. The first-order chi connectivity index (χ1) is 8.15. The Bertz CT molecular complexity index is 363. The Kier molecular flexibility index (Phi) is 5.70. The van der Waals surface area contributed by atoms with Crippen LogP contribution in [0.4, 0.5) is 4.39 Å². The largest absolute Gasteiger partial charge is 0.490 e. The van der Waals surface area contributed by atoms with E-state index in [0.717, 1.165) is 5.56 Å². The molecular weight excluding hydrogens is 217 g/mol. The topological polar surface area (TPSA) is 21.3 Å². The molecule has 0 bridgehead atoms. The number of ether oxygens (including phenoxy) is 1. The van der Waals surface area contributed by atoms with E-state index in [-0.39, 0.29) is 5.82 Å². The molecule has 1 aromatic carbocycles. The summed E-state index contributed by atoms with van der Waals surface area (Å²) in [5, 5.41) is 3.25. The lowest BCUT2D eigenvalue weighted by Crippen LogP contribution is -2.22. The quantitative estimate of drug-likeness (QED) is 0.580. The maximum Gasteiger partial charge on any atom is 0.165 e. The van der Waals surface area contributed by atoms with Crippen LogP contribution >= 0.6 is 0 Å². The maximum atomic E-state index is 13.6. The molecule has 1 aromatic rings. The predicted octanol–water partition coefficient (Wildman–Crippen LogP) is 3.28. The number of hydrogen-bond donors (Lipinski definition) is 1. The number of halogens is 1. The molecule has 0 spiro atoms. The van der Waals surface area contributed by atoms with E-state index in [2.05, 4.69) is 25.7 Å². The summed E-state index contributed by atoms with van der Waals surface area (Å²) in [7, 11) is 0. The fourth-order valence-corrected chi connectivity index (χ4v) is 1.41. The van der Waals surface area contributed by atoms with E-state index < -0.39 is 0 Å². The molecule has 17 heavy (non-hydrogen) atoms. The monoisotopic (exact) mass is 237 g/mol. The fraction of sp³-hybridized carbons (Fsp3) is 0.429. The zero-order valence-electron chi connectivity index (χ0n) is 10.5. The molecule has 0 aliphatic carbocycles.